The number of ether oxygens (including phenoxy) is 1. The Balaban J connectivity index is 1.61. The summed E-state index contributed by atoms with van der Waals surface area (Å²) >= 11 is 0. The van der Waals surface area contributed by atoms with Gasteiger partial charge in [0.05, 0.1) is 18.8 Å². The van der Waals surface area contributed by atoms with Crippen LogP contribution in [0.4, 0.5) is 0 Å². The Morgan fingerprint density at radius 3 is 2.40 bits per heavy atom. The molecule has 2 aliphatic heterocycles. The molecule has 7 nitrogen and oxygen atoms in total. The summed E-state index contributed by atoms with van der Waals surface area (Å²) in [7, 11) is 2.09. The molecule has 3 N–H and O–H groups in total. The molecule has 0 saturated carbocycles. The van der Waals surface area contributed by atoms with E-state index < -0.39 is 5.54 Å². The van der Waals surface area contributed by atoms with Crippen molar-refractivity contribution >= 4 is 11.8 Å². The van der Waals surface area contributed by atoms with Crippen LogP contribution in [0.5, 0.6) is 0 Å². The molecule has 0 aromatic heterocycles. The lowest BCUT2D eigenvalue weighted by atomic mass is 9.94. The molecule has 2 fully saturated rings. The van der Waals surface area contributed by atoms with Crippen LogP contribution in [0.15, 0.2) is 0 Å². The van der Waals surface area contributed by atoms with Gasteiger partial charge < -0.3 is 20.3 Å². The van der Waals surface area contributed by atoms with Gasteiger partial charge in [-0.15, -0.1) is 0 Å². The molecule has 7 heteroatoms. The zero-order chi connectivity index (χ0) is 14.6. The van der Waals surface area contributed by atoms with Gasteiger partial charge in [-0.25, -0.2) is 0 Å². The first-order valence-electron chi connectivity index (χ1n) is 7.07. The van der Waals surface area contributed by atoms with Crippen molar-refractivity contribution in [2.24, 2.45) is 5.73 Å². The summed E-state index contributed by atoms with van der Waals surface area (Å²) in [5.41, 5.74) is 5.29. The number of likely N-dealkylation sites (N-methyl/N-ethyl adjacent to an activating group) is 1. The van der Waals surface area contributed by atoms with Crippen molar-refractivity contribution in [2.75, 3.05) is 53.0 Å². The Morgan fingerprint density at radius 1 is 1.20 bits per heavy atom. The van der Waals surface area contributed by atoms with Crippen molar-refractivity contribution in [3.63, 3.8) is 0 Å². The first-order valence-corrected chi connectivity index (χ1v) is 7.07. The highest BCUT2D eigenvalue weighted by Gasteiger charge is 2.36. The summed E-state index contributed by atoms with van der Waals surface area (Å²) in [5, 5.41) is 2.40. The van der Waals surface area contributed by atoms with E-state index in [-0.39, 0.29) is 18.2 Å². The minimum Gasteiger partial charge on any atom is -0.377 e. The van der Waals surface area contributed by atoms with Gasteiger partial charge in [0.15, 0.2) is 0 Å². The second-order valence-electron chi connectivity index (χ2n) is 5.90. The number of carbonyl (C=O) groups is 2. The lowest BCUT2D eigenvalue weighted by Crippen LogP contribution is -2.59. The minimum absolute atomic E-state index is 0.146. The lowest BCUT2D eigenvalue weighted by Gasteiger charge is -2.37. The molecule has 0 radical (unpaired) electrons. The third-order valence-electron chi connectivity index (χ3n) is 3.82. The number of imide groups is 1. The van der Waals surface area contributed by atoms with Gasteiger partial charge >= 0.3 is 0 Å². The number of amides is 2. The predicted molar refractivity (Wildman–Crippen MR) is 74.1 cm³/mol. The van der Waals surface area contributed by atoms with Crippen molar-refractivity contribution in [2.45, 2.75) is 18.4 Å². The largest absolute Gasteiger partial charge is 0.377 e. The van der Waals surface area contributed by atoms with E-state index in [9.17, 15) is 9.59 Å². The molecule has 0 unspecified atom stereocenters. The molecule has 0 atom stereocenters. The number of carbonyl (C=O) groups excluding carboxylic acids is 2. The van der Waals surface area contributed by atoms with E-state index in [1.54, 1.807) is 0 Å². The summed E-state index contributed by atoms with van der Waals surface area (Å²) in [5.74, 6) is -0.531. The Bertz CT molecular complexity index is 363. The van der Waals surface area contributed by atoms with Crippen molar-refractivity contribution in [3.8, 4) is 0 Å². The maximum Gasteiger partial charge on any atom is 0.228 e. The lowest BCUT2D eigenvalue weighted by molar-refractivity contribution is -0.134. The quantitative estimate of drug-likeness (QED) is 0.631. The molecule has 0 aliphatic carbocycles. The first-order chi connectivity index (χ1) is 9.47. The fourth-order valence-corrected chi connectivity index (χ4v) is 2.38. The number of piperazine rings is 1. The van der Waals surface area contributed by atoms with Crippen LogP contribution >= 0.6 is 0 Å². The van der Waals surface area contributed by atoms with Crippen LogP contribution < -0.4 is 11.1 Å². The van der Waals surface area contributed by atoms with Gasteiger partial charge in [0.2, 0.25) is 11.8 Å². The van der Waals surface area contributed by atoms with Crippen LogP contribution in [0.3, 0.4) is 0 Å². The summed E-state index contributed by atoms with van der Waals surface area (Å²) < 4.78 is 4.98. The van der Waals surface area contributed by atoms with Crippen LogP contribution in [-0.2, 0) is 14.3 Å². The summed E-state index contributed by atoms with van der Waals surface area (Å²) in [6, 6.07) is 0. The van der Waals surface area contributed by atoms with Crippen LogP contribution in [0.25, 0.3) is 0 Å². The fraction of sp³-hybridized carbons (Fsp3) is 0.846. The molecule has 20 heavy (non-hydrogen) atoms. The van der Waals surface area contributed by atoms with Crippen LogP contribution in [-0.4, -0.2) is 80.1 Å². The molecular weight excluding hydrogens is 260 g/mol. The van der Waals surface area contributed by atoms with E-state index in [4.69, 9.17) is 10.5 Å². The Kier molecular flexibility index (Phi) is 5.09. The number of hydrogen-bond donors (Lipinski definition) is 2. The van der Waals surface area contributed by atoms with Gasteiger partial charge in [0.1, 0.15) is 0 Å². The van der Waals surface area contributed by atoms with Gasteiger partial charge in [-0.1, -0.05) is 0 Å². The zero-order valence-corrected chi connectivity index (χ0v) is 12.1. The Hall–Kier alpha value is -1.02. The first kappa shape index (κ1) is 15.4. The summed E-state index contributed by atoms with van der Waals surface area (Å²) in [6.45, 7) is 5.46. The highest BCUT2D eigenvalue weighted by Crippen LogP contribution is 2.17. The van der Waals surface area contributed by atoms with E-state index in [0.717, 1.165) is 26.2 Å². The standard InChI is InChI=1S/C13H24N4O3/c1-16-4-6-17(7-5-16)3-2-11(18)15-12(19)8-13(14)9-20-10-13/h2-10,14H2,1H3,(H,15,18,19). The second-order valence-corrected chi connectivity index (χ2v) is 5.90. The molecular formula is C13H24N4O3. The smallest absolute Gasteiger partial charge is 0.228 e. The predicted octanol–water partition coefficient (Wildman–Crippen LogP) is -1.62. The number of nitrogens with zero attached hydrogens (tertiary/aromatic N) is 2. The Labute approximate surface area is 119 Å². The Morgan fingerprint density at radius 2 is 1.85 bits per heavy atom. The molecule has 0 aromatic rings. The average molecular weight is 284 g/mol. The van der Waals surface area contributed by atoms with Gasteiger partial charge in [0.25, 0.3) is 0 Å². The normalized spacial score (nSPS) is 23.1. The number of nitrogens with two attached hydrogens (primary N) is 1. The molecule has 0 spiro atoms. The highest BCUT2D eigenvalue weighted by atomic mass is 16.5. The minimum atomic E-state index is -0.582. The molecule has 114 valence electrons. The maximum absolute atomic E-state index is 11.7. The number of hydrogen-bond acceptors (Lipinski definition) is 6. The van der Waals surface area contributed by atoms with Crippen LogP contribution in [0, 0.1) is 0 Å². The van der Waals surface area contributed by atoms with Crippen molar-refractivity contribution in [3.05, 3.63) is 0 Å². The third kappa shape index (κ3) is 4.52. The molecule has 0 aromatic carbocycles. The summed E-state index contributed by atoms with van der Waals surface area (Å²) in [4.78, 5) is 27.9. The van der Waals surface area contributed by atoms with Gasteiger partial charge in [-0.05, 0) is 7.05 Å². The fourth-order valence-electron chi connectivity index (χ4n) is 2.38. The molecule has 2 rings (SSSR count). The number of rotatable bonds is 5. The van der Waals surface area contributed by atoms with E-state index in [0.29, 0.717) is 26.2 Å². The maximum atomic E-state index is 11.7. The molecule has 2 aliphatic rings. The number of nitrogens with one attached hydrogen (secondary N) is 1. The SMILES string of the molecule is CN1CCN(CCC(=O)NC(=O)CC2(N)COC2)CC1. The summed E-state index contributed by atoms with van der Waals surface area (Å²) in [6.07, 6.45) is 0.497. The highest BCUT2D eigenvalue weighted by molar-refractivity contribution is 5.95. The van der Waals surface area contributed by atoms with Crippen molar-refractivity contribution < 1.29 is 14.3 Å². The molecule has 2 amide bonds. The van der Waals surface area contributed by atoms with Gasteiger partial charge in [-0.2, -0.15) is 0 Å². The van der Waals surface area contributed by atoms with Crippen LogP contribution in [0.2, 0.25) is 0 Å². The van der Waals surface area contributed by atoms with Crippen molar-refractivity contribution in [1.82, 2.24) is 15.1 Å². The van der Waals surface area contributed by atoms with Crippen molar-refractivity contribution in [1.29, 1.82) is 0 Å². The monoisotopic (exact) mass is 284 g/mol. The van der Waals surface area contributed by atoms with E-state index >= 15 is 0 Å². The van der Waals surface area contributed by atoms with Crippen LogP contribution in [0.1, 0.15) is 12.8 Å². The third-order valence-corrected chi connectivity index (χ3v) is 3.82. The second kappa shape index (κ2) is 6.62. The van der Waals surface area contributed by atoms with Gasteiger partial charge in [0, 0.05) is 45.6 Å². The molecule has 0 bridgehead atoms. The van der Waals surface area contributed by atoms with E-state index in [2.05, 4.69) is 22.2 Å². The van der Waals surface area contributed by atoms with E-state index in [1.807, 2.05) is 0 Å². The molecule has 2 saturated heterocycles. The van der Waals surface area contributed by atoms with E-state index in [1.165, 1.54) is 0 Å². The average Bonchev–Trinajstić information content (AvgIpc) is 2.36. The van der Waals surface area contributed by atoms with Gasteiger partial charge in [-0.3, -0.25) is 14.9 Å². The molecule has 2 heterocycles. The zero-order valence-electron chi connectivity index (χ0n) is 12.1. The topological polar surface area (TPSA) is 87.9 Å².